The van der Waals surface area contributed by atoms with Gasteiger partial charge >= 0.3 is 0 Å². The molecule has 1 N–H and O–H groups in total. The van der Waals surface area contributed by atoms with Gasteiger partial charge in [0.1, 0.15) is 0 Å². The third-order valence-electron chi connectivity index (χ3n) is 5.13. The zero-order valence-electron chi connectivity index (χ0n) is 17.2. The number of benzene rings is 1. The molecule has 9 nitrogen and oxygen atoms in total. The number of aryl methyl sites for hydroxylation is 2. The van der Waals surface area contributed by atoms with Gasteiger partial charge in [0.05, 0.1) is 32.1 Å². The highest BCUT2D eigenvalue weighted by molar-refractivity contribution is 7.14. The number of nitro groups is 1. The molecule has 0 spiro atoms. The third-order valence-corrected chi connectivity index (χ3v) is 6.20. The SMILES string of the molecule is Cc1nc(C)c(C(=O)C2=C(O)C(=O)N(Cc3cccnc3)C2c2cccc([N+](=O)[O-])c2)s1. The van der Waals surface area contributed by atoms with Crippen molar-refractivity contribution in [3.05, 3.63) is 96.9 Å². The first-order valence-corrected chi connectivity index (χ1v) is 10.5. The lowest BCUT2D eigenvalue weighted by Gasteiger charge is -2.26. The average Bonchev–Trinajstić information content (AvgIpc) is 3.24. The van der Waals surface area contributed by atoms with Crippen molar-refractivity contribution in [2.45, 2.75) is 26.4 Å². The molecule has 1 unspecified atom stereocenters. The third kappa shape index (κ3) is 3.76. The molecule has 2 aromatic heterocycles. The minimum absolute atomic E-state index is 0.0571. The summed E-state index contributed by atoms with van der Waals surface area (Å²) in [4.78, 5) is 47.2. The topological polar surface area (TPSA) is 127 Å². The highest BCUT2D eigenvalue weighted by atomic mass is 32.1. The van der Waals surface area contributed by atoms with E-state index < -0.39 is 28.4 Å². The van der Waals surface area contributed by atoms with E-state index in [-0.39, 0.29) is 17.8 Å². The fourth-order valence-electron chi connectivity index (χ4n) is 3.76. The van der Waals surface area contributed by atoms with E-state index in [1.165, 1.54) is 34.4 Å². The Morgan fingerprint density at radius 3 is 2.69 bits per heavy atom. The van der Waals surface area contributed by atoms with E-state index in [2.05, 4.69) is 9.97 Å². The predicted octanol–water partition coefficient (Wildman–Crippen LogP) is 3.84. The van der Waals surface area contributed by atoms with Gasteiger partial charge in [-0.05, 0) is 31.0 Å². The van der Waals surface area contributed by atoms with Crippen LogP contribution in [0.4, 0.5) is 5.69 Å². The van der Waals surface area contributed by atoms with Crippen LogP contribution in [0.3, 0.4) is 0 Å². The van der Waals surface area contributed by atoms with Crippen molar-refractivity contribution in [1.29, 1.82) is 0 Å². The van der Waals surface area contributed by atoms with Crippen molar-refractivity contribution in [2.75, 3.05) is 0 Å². The number of aromatic nitrogens is 2. The van der Waals surface area contributed by atoms with Gasteiger partial charge in [0.15, 0.2) is 5.76 Å². The zero-order chi connectivity index (χ0) is 23.0. The number of carbonyl (C=O) groups excluding carboxylic acids is 2. The van der Waals surface area contributed by atoms with Crippen LogP contribution in [-0.2, 0) is 11.3 Å². The molecule has 0 bridgehead atoms. The standard InChI is InChI=1S/C22H18N4O5S/c1-12-21(32-13(2)24-12)19(27)17-18(15-6-3-7-16(9-15)26(30)31)25(22(29)20(17)28)11-14-5-4-8-23-10-14/h3-10,18,28H,11H2,1-2H3. The van der Waals surface area contributed by atoms with Crippen LogP contribution in [0.1, 0.15) is 37.5 Å². The van der Waals surface area contributed by atoms with Crippen LogP contribution < -0.4 is 0 Å². The maximum atomic E-state index is 13.5. The van der Waals surface area contributed by atoms with Crippen molar-refractivity contribution in [2.24, 2.45) is 0 Å². The molecule has 0 aliphatic carbocycles. The van der Waals surface area contributed by atoms with Gasteiger partial charge in [-0.15, -0.1) is 11.3 Å². The number of ketones is 1. The highest BCUT2D eigenvalue weighted by Crippen LogP contribution is 2.41. The van der Waals surface area contributed by atoms with Crippen LogP contribution in [0.5, 0.6) is 0 Å². The predicted molar refractivity (Wildman–Crippen MR) is 116 cm³/mol. The highest BCUT2D eigenvalue weighted by Gasteiger charge is 2.44. The largest absolute Gasteiger partial charge is 0.503 e. The van der Waals surface area contributed by atoms with E-state index >= 15 is 0 Å². The van der Waals surface area contributed by atoms with Crippen molar-refractivity contribution in [3.63, 3.8) is 0 Å². The minimum Gasteiger partial charge on any atom is -0.503 e. The molecular weight excluding hydrogens is 432 g/mol. The Hall–Kier alpha value is -3.92. The van der Waals surface area contributed by atoms with Crippen LogP contribution in [-0.4, -0.2) is 36.6 Å². The Morgan fingerprint density at radius 2 is 2.06 bits per heavy atom. The first-order chi connectivity index (χ1) is 15.3. The van der Waals surface area contributed by atoms with Crippen molar-refractivity contribution in [1.82, 2.24) is 14.9 Å². The fourth-order valence-corrected chi connectivity index (χ4v) is 4.63. The number of aliphatic hydroxyl groups is 1. The smallest absolute Gasteiger partial charge is 0.290 e. The second-order valence-electron chi connectivity index (χ2n) is 7.29. The number of hydrogen-bond acceptors (Lipinski definition) is 8. The Morgan fingerprint density at radius 1 is 1.28 bits per heavy atom. The number of nitrogens with zero attached hydrogens (tertiary/aromatic N) is 4. The number of Topliss-reactive ketones (excluding diaryl/α,β-unsaturated/α-hetero) is 1. The Bertz CT molecular complexity index is 1270. The molecule has 3 aromatic rings. The first-order valence-electron chi connectivity index (χ1n) is 9.64. The monoisotopic (exact) mass is 450 g/mol. The summed E-state index contributed by atoms with van der Waals surface area (Å²) in [6, 6.07) is 8.19. The van der Waals surface area contributed by atoms with E-state index in [1.807, 2.05) is 0 Å². The Balaban J connectivity index is 1.85. The molecule has 162 valence electrons. The summed E-state index contributed by atoms with van der Waals surface area (Å²) in [6.45, 7) is 3.50. The number of non-ortho nitro benzene ring substituents is 1. The van der Waals surface area contributed by atoms with Gasteiger partial charge in [-0.2, -0.15) is 0 Å². The average molecular weight is 450 g/mol. The molecule has 10 heteroatoms. The number of hydrogen-bond donors (Lipinski definition) is 1. The quantitative estimate of drug-likeness (QED) is 0.343. The number of aliphatic hydroxyl groups excluding tert-OH is 1. The molecule has 1 aliphatic heterocycles. The van der Waals surface area contributed by atoms with Gasteiger partial charge in [0.25, 0.3) is 11.6 Å². The molecule has 0 fully saturated rings. The minimum atomic E-state index is -1.00. The maximum Gasteiger partial charge on any atom is 0.290 e. The Labute approximate surface area is 186 Å². The molecule has 32 heavy (non-hydrogen) atoms. The van der Waals surface area contributed by atoms with Crippen molar-refractivity contribution < 1.29 is 19.6 Å². The molecule has 1 atom stereocenters. The van der Waals surface area contributed by atoms with Gasteiger partial charge in [-0.1, -0.05) is 18.2 Å². The molecule has 1 aliphatic rings. The first kappa shape index (κ1) is 21.3. The van der Waals surface area contributed by atoms with Gasteiger partial charge in [-0.25, -0.2) is 4.98 Å². The molecule has 3 heterocycles. The lowest BCUT2D eigenvalue weighted by molar-refractivity contribution is -0.384. The number of thiazole rings is 1. The lowest BCUT2D eigenvalue weighted by Crippen LogP contribution is -2.30. The van der Waals surface area contributed by atoms with E-state index in [1.54, 1.807) is 44.4 Å². The normalized spacial score (nSPS) is 16.0. The van der Waals surface area contributed by atoms with E-state index in [4.69, 9.17) is 0 Å². The second kappa shape index (κ2) is 8.31. The van der Waals surface area contributed by atoms with E-state index in [9.17, 15) is 24.8 Å². The molecule has 4 rings (SSSR count). The summed E-state index contributed by atoms with van der Waals surface area (Å²) in [5.41, 5.74) is 1.23. The van der Waals surface area contributed by atoms with Crippen LogP contribution >= 0.6 is 11.3 Å². The molecule has 0 saturated carbocycles. The summed E-state index contributed by atoms with van der Waals surface area (Å²) >= 11 is 1.17. The molecular formula is C22H18N4O5S. The number of nitro benzene ring substituents is 1. The van der Waals surface area contributed by atoms with E-state index in [0.29, 0.717) is 26.7 Å². The molecule has 0 radical (unpaired) electrons. The number of pyridine rings is 1. The summed E-state index contributed by atoms with van der Waals surface area (Å²) in [5, 5.41) is 22.8. The van der Waals surface area contributed by atoms with Crippen LogP contribution in [0.15, 0.2) is 60.1 Å². The molecule has 1 aromatic carbocycles. The lowest BCUT2D eigenvalue weighted by atomic mass is 9.94. The molecule has 1 amide bonds. The van der Waals surface area contributed by atoms with Crippen molar-refractivity contribution in [3.8, 4) is 0 Å². The van der Waals surface area contributed by atoms with Crippen LogP contribution in [0.25, 0.3) is 0 Å². The van der Waals surface area contributed by atoms with Gasteiger partial charge in [0, 0.05) is 31.1 Å². The maximum absolute atomic E-state index is 13.5. The van der Waals surface area contributed by atoms with Crippen molar-refractivity contribution >= 4 is 28.7 Å². The fraction of sp³-hybridized carbons (Fsp3) is 0.182. The van der Waals surface area contributed by atoms with Crippen LogP contribution in [0, 0.1) is 24.0 Å². The summed E-state index contributed by atoms with van der Waals surface area (Å²) < 4.78 is 0. The van der Waals surface area contributed by atoms with Gasteiger partial charge in [-0.3, -0.25) is 24.7 Å². The summed E-state index contributed by atoms with van der Waals surface area (Å²) in [6.07, 6.45) is 3.16. The van der Waals surface area contributed by atoms with Gasteiger partial charge in [0.2, 0.25) is 5.78 Å². The second-order valence-corrected chi connectivity index (χ2v) is 8.49. The summed E-state index contributed by atoms with van der Waals surface area (Å²) in [5.74, 6) is -1.92. The zero-order valence-corrected chi connectivity index (χ0v) is 18.0. The van der Waals surface area contributed by atoms with Crippen LogP contribution in [0.2, 0.25) is 0 Å². The number of rotatable bonds is 6. The van der Waals surface area contributed by atoms with E-state index in [0.717, 1.165) is 0 Å². The molecule has 0 saturated heterocycles. The number of carbonyl (C=O) groups is 2. The van der Waals surface area contributed by atoms with Gasteiger partial charge < -0.3 is 10.0 Å². The Kier molecular flexibility index (Phi) is 5.54. The summed E-state index contributed by atoms with van der Waals surface area (Å²) in [7, 11) is 0. The number of amides is 1.